The minimum absolute atomic E-state index is 0.0513. The molecular formula is C22H27N9O2. The summed E-state index contributed by atoms with van der Waals surface area (Å²) in [6.07, 6.45) is 4.18. The fourth-order valence-electron chi connectivity index (χ4n) is 4.46. The van der Waals surface area contributed by atoms with Gasteiger partial charge in [0.15, 0.2) is 28.6 Å². The van der Waals surface area contributed by atoms with E-state index in [2.05, 4.69) is 32.3 Å². The van der Waals surface area contributed by atoms with Crippen molar-refractivity contribution in [2.45, 2.75) is 46.7 Å². The lowest BCUT2D eigenvalue weighted by Crippen LogP contribution is -2.32. The van der Waals surface area contributed by atoms with E-state index in [0.717, 1.165) is 35.7 Å². The monoisotopic (exact) mass is 449 g/mol. The summed E-state index contributed by atoms with van der Waals surface area (Å²) in [7, 11) is 1.95. The zero-order valence-corrected chi connectivity index (χ0v) is 19.5. The van der Waals surface area contributed by atoms with Crippen molar-refractivity contribution in [3.63, 3.8) is 0 Å². The van der Waals surface area contributed by atoms with Gasteiger partial charge in [-0.3, -0.25) is 9.48 Å². The molecule has 0 aromatic carbocycles. The number of fused-ring (bicyclic) bond motifs is 1. The molecule has 1 N–H and O–H groups in total. The van der Waals surface area contributed by atoms with Crippen molar-refractivity contribution >= 4 is 22.9 Å². The van der Waals surface area contributed by atoms with Crippen molar-refractivity contribution in [3.8, 4) is 11.4 Å². The Bertz CT molecular complexity index is 1350. The summed E-state index contributed by atoms with van der Waals surface area (Å²) in [4.78, 5) is 32.7. The number of aromatic nitrogens is 7. The molecule has 0 bridgehead atoms. The van der Waals surface area contributed by atoms with E-state index in [1.807, 2.05) is 29.4 Å². The molecule has 4 aromatic rings. The van der Waals surface area contributed by atoms with Crippen LogP contribution in [0.1, 0.15) is 41.2 Å². The molecule has 5 rings (SSSR count). The van der Waals surface area contributed by atoms with E-state index in [9.17, 15) is 4.79 Å². The average Bonchev–Trinajstić information content (AvgIpc) is 3.55. The maximum absolute atomic E-state index is 12.9. The van der Waals surface area contributed by atoms with E-state index in [4.69, 9.17) is 9.40 Å². The third-order valence-electron chi connectivity index (χ3n) is 6.22. The molecule has 0 radical (unpaired) electrons. The van der Waals surface area contributed by atoms with Gasteiger partial charge in [-0.25, -0.2) is 19.9 Å². The number of likely N-dealkylation sites (tertiary alicyclic amines) is 1. The van der Waals surface area contributed by atoms with Crippen molar-refractivity contribution in [3.05, 3.63) is 35.6 Å². The number of nitrogens with one attached hydrogen (secondary N) is 1. The molecule has 1 amide bonds. The third kappa shape index (κ3) is 3.53. The van der Waals surface area contributed by atoms with Gasteiger partial charge in [0, 0.05) is 45.3 Å². The number of aryl methyl sites for hydroxylation is 4. The highest BCUT2D eigenvalue weighted by atomic mass is 16.4. The lowest BCUT2D eigenvalue weighted by Gasteiger charge is -2.16. The summed E-state index contributed by atoms with van der Waals surface area (Å²) in [5.74, 6) is 2.40. The van der Waals surface area contributed by atoms with Crippen LogP contribution in [0.4, 0.5) is 5.82 Å². The molecule has 172 valence electrons. The van der Waals surface area contributed by atoms with E-state index >= 15 is 0 Å². The molecule has 1 saturated heterocycles. The highest BCUT2D eigenvalue weighted by Gasteiger charge is 2.30. The first-order valence-corrected chi connectivity index (χ1v) is 11.1. The van der Waals surface area contributed by atoms with E-state index in [1.54, 1.807) is 18.7 Å². The predicted octanol–water partition coefficient (Wildman–Crippen LogP) is 2.49. The zero-order chi connectivity index (χ0) is 23.3. The number of amides is 1. The Kier molecular flexibility index (Phi) is 5.10. The van der Waals surface area contributed by atoms with E-state index in [1.165, 1.54) is 6.33 Å². The van der Waals surface area contributed by atoms with Crippen LogP contribution in [-0.2, 0) is 13.6 Å². The minimum atomic E-state index is -0.106. The van der Waals surface area contributed by atoms with Gasteiger partial charge < -0.3 is 19.2 Å². The van der Waals surface area contributed by atoms with Crippen LogP contribution in [0.25, 0.3) is 22.6 Å². The average molecular weight is 450 g/mol. The standard InChI is InChI=1S/C22H27N9O2/c1-6-31-12(2)16(9-25-31)20-28-18-19(23-11-24-21(18)29(20)5)27-15-7-8-30(10-15)22(32)17-13(3)33-14(4)26-17/h9,11,15H,6-8,10H2,1-5H3,(H,23,24,27)/t15-/m1/s1. The smallest absolute Gasteiger partial charge is 0.276 e. The number of anilines is 1. The second-order valence-corrected chi connectivity index (χ2v) is 8.37. The summed E-state index contributed by atoms with van der Waals surface area (Å²) in [5, 5.41) is 7.92. The number of rotatable bonds is 5. The third-order valence-corrected chi connectivity index (χ3v) is 6.22. The van der Waals surface area contributed by atoms with E-state index < -0.39 is 0 Å². The van der Waals surface area contributed by atoms with E-state index in [0.29, 0.717) is 41.8 Å². The first-order valence-electron chi connectivity index (χ1n) is 11.1. The lowest BCUT2D eigenvalue weighted by molar-refractivity contribution is 0.0784. The fraction of sp³-hybridized carbons (Fsp3) is 0.455. The normalized spacial score (nSPS) is 16.2. The Morgan fingerprint density at radius 2 is 2.06 bits per heavy atom. The van der Waals surface area contributed by atoms with Gasteiger partial charge in [0.2, 0.25) is 0 Å². The van der Waals surface area contributed by atoms with Crippen molar-refractivity contribution in [2.75, 3.05) is 18.4 Å². The molecule has 5 heterocycles. The molecule has 1 aliphatic rings. The maximum atomic E-state index is 12.9. The number of carbonyl (C=O) groups is 1. The Morgan fingerprint density at radius 1 is 1.24 bits per heavy atom. The molecular weight excluding hydrogens is 422 g/mol. The highest BCUT2D eigenvalue weighted by Crippen LogP contribution is 2.29. The Labute approximate surface area is 190 Å². The predicted molar refractivity (Wildman–Crippen MR) is 122 cm³/mol. The Balaban J connectivity index is 1.39. The fourth-order valence-corrected chi connectivity index (χ4v) is 4.46. The van der Waals surface area contributed by atoms with Crippen LogP contribution in [0.2, 0.25) is 0 Å². The molecule has 0 aliphatic carbocycles. The van der Waals surface area contributed by atoms with Crippen LogP contribution >= 0.6 is 0 Å². The molecule has 4 aromatic heterocycles. The van der Waals surface area contributed by atoms with Crippen LogP contribution in [0, 0.1) is 20.8 Å². The summed E-state index contributed by atoms with van der Waals surface area (Å²) >= 11 is 0. The second-order valence-electron chi connectivity index (χ2n) is 8.37. The number of oxazole rings is 1. The topological polar surface area (TPSA) is 120 Å². The lowest BCUT2D eigenvalue weighted by atomic mass is 10.2. The quantitative estimate of drug-likeness (QED) is 0.493. The summed E-state index contributed by atoms with van der Waals surface area (Å²) in [6, 6.07) is 0.0513. The van der Waals surface area contributed by atoms with Gasteiger partial charge >= 0.3 is 0 Å². The molecule has 1 fully saturated rings. The molecule has 0 unspecified atom stereocenters. The van der Waals surface area contributed by atoms with Crippen molar-refractivity contribution in [1.29, 1.82) is 0 Å². The molecule has 33 heavy (non-hydrogen) atoms. The molecule has 0 spiro atoms. The number of carbonyl (C=O) groups excluding carboxylic acids is 1. The largest absolute Gasteiger partial charge is 0.445 e. The second kappa shape index (κ2) is 7.98. The van der Waals surface area contributed by atoms with Crippen LogP contribution in [-0.4, -0.2) is 64.2 Å². The van der Waals surface area contributed by atoms with Gasteiger partial charge in [0.25, 0.3) is 5.91 Å². The first kappa shape index (κ1) is 21.1. The summed E-state index contributed by atoms with van der Waals surface area (Å²) in [5.41, 5.74) is 3.85. The van der Waals surface area contributed by atoms with Crippen molar-refractivity contribution < 1.29 is 9.21 Å². The number of hydrogen-bond acceptors (Lipinski definition) is 8. The highest BCUT2D eigenvalue weighted by molar-refractivity contribution is 5.93. The van der Waals surface area contributed by atoms with Gasteiger partial charge in [-0.2, -0.15) is 5.10 Å². The number of nitrogens with zero attached hydrogens (tertiary/aromatic N) is 8. The van der Waals surface area contributed by atoms with Crippen molar-refractivity contribution in [1.82, 2.24) is 39.2 Å². The van der Waals surface area contributed by atoms with Crippen LogP contribution in [0.5, 0.6) is 0 Å². The van der Waals surface area contributed by atoms with E-state index in [-0.39, 0.29) is 11.9 Å². The van der Waals surface area contributed by atoms with Gasteiger partial charge in [-0.15, -0.1) is 0 Å². The van der Waals surface area contributed by atoms with Gasteiger partial charge in [0.1, 0.15) is 17.9 Å². The first-order chi connectivity index (χ1) is 15.9. The maximum Gasteiger partial charge on any atom is 0.276 e. The van der Waals surface area contributed by atoms with Crippen LogP contribution in [0.15, 0.2) is 16.9 Å². The summed E-state index contributed by atoms with van der Waals surface area (Å²) in [6.45, 7) is 9.60. The van der Waals surface area contributed by atoms with Crippen LogP contribution in [0.3, 0.4) is 0 Å². The molecule has 1 atom stereocenters. The molecule has 11 heteroatoms. The Morgan fingerprint density at radius 3 is 2.76 bits per heavy atom. The SMILES string of the molecule is CCn1ncc(-c2nc3c(N[C@@H]4CCN(C(=O)c5nc(C)oc5C)C4)ncnc3n2C)c1C. The summed E-state index contributed by atoms with van der Waals surface area (Å²) < 4.78 is 9.34. The minimum Gasteiger partial charge on any atom is -0.445 e. The number of hydrogen-bond donors (Lipinski definition) is 1. The molecule has 1 aliphatic heterocycles. The van der Waals surface area contributed by atoms with Crippen LogP contribution < -0.4 is 5.32 Å². The van der Waals surface area contributed by atoms with Crippen molar-refractivity contribution in [2.24, 2.45) is 7.05 Å². The molecule has 11 nitrogen and oxygen atoms in total. The number of imidazole rings is 1. The van der Waals surface area contributed by atoms with Gasteiger partial charge in [-0.1, -0.05) is 0 Å². The zero-order valence-electron chi connectivity index (χ0n) is 19.5. The molecule has 0 saturated carbocycles. The van der Waals surface area contributed by atoms with Gasteiger partial charge in [0.05, 0.1) is 11.8 Å². The van der Waals surface area contributed by atoms with Gasteiger partial charge in [-0.05, 0) is 27.2 Å². The Hall–Kier alpha value is -3.76.